The molecule has 1 aliphatic heterocycles. The van der Waals surface area contributed by atoms with Gasteiger partial charge in [0, 0.05) is 29.2 Å². The Labute approximate surface area is 279 Å². The Morgan fingerprint density at radius 2 is 1.57 bits per heavy atom. The van der Waals surface area contributed by atoms with Crippen molar-refractivity contribution < 1.29 is 0 Å². The number of allylic oxidation sites excluding steroid dienone is 7. The summed E-state index contributed by atoms with van der Waals surface area (Å²) in [6.45, 7) is 4.91. The number of benzene rings is 2. The van der Waals surface area contributed by atoms with E-state index in [1.54, 1.807) is 11.3 Å². The second kappa shape index (κ2) is 13.2. The Morgan fingerprint density at radius 1 is 0.761 bits per heavy atom. The summed E-state index contributed by atoms with van der Waals surface area (Å²) < 4.78 is 0. The van der Waals surface area contributed by atoms with Crippen LogP contribution in [0.3, 0.4) is 0 Å². The summed E-state index contributed by atoms with van der Waals surface area (Å²) >= 11 is 0. The number of fused-ring (bicyclic) bond motifs is 3. The van der Waals surface area contributed by atoms with Crippen LogP contribution < -0.4 is 9.80 Å². The van der Waals surface area contributed by atoms with Crippen molar-refractivity contribution >= 4 is 11.4 Å². The van der Waals surface area contributed by atoms with Gasteiger partial charge in [-0.05, 0) is 136 Å². The van der Waals surface area contributed by atoms with Gasteiger partial charge < -0.3 is 9.80 Å². The molecule has 3 fully saturated rings. The molecule has 6 aliphatic rings. The zero-order valence-corrected chi connectivity index (χ0v) is 28.4. The van der Waals surface area contributed by atoms with Crippen LogP contribution in [0.15, 0.2) is 102 Å². The van der Waals surface area contributed by atoms with E-state index in [-0.39, 0.29) is 0 Å². The van der Waals surface area contributed by atoms with Crippen molar-refractivity contribution in [3.05, 3.63) is 108 Å². The van der Waals surface area contributed by atoms with Gasteiger partial charge in [-0.1, -0.05) is 99.1 Å². The van der Waals surface area contributed by atoms with Crippen molar-refractivity contribution in [2.45, 2.75) is 121 Å². The van der Waals surface area contributed by atoms with E-state index in [0.717, 1.165) is 23.8 Å². The van der Waals surface area contributed by atoms with Crippen LogP contribution in [0.1, 0.15) is 109 Å². The van der Waals surface area contributed by atoms with E-state index in [1.165, 1.54) is 100 Å². The molecule has 2 saturated carbocycles. The van der Waals surface area contributed by atoms with E-state index in [0.29, 0.717) is 29.8 Å². The highest BCUT2D eigenvalue weighted by atomic mass is 15.2. The first-order valence-electron chi connectivity index (χ1n) is 19.1. The van der Waals surface area contributed by atoms with Crippen molar-refractivity contribution in [3.63, 3.8) is 0 Å². The first-order valence-corrected chi connectivity index (χ1v) is 19.1. The van der Waals surface area contributed by atoms with Gasteiger partial charge in [-0.25, -0.2) is 0 Å². The molecule has 1 heterocycles. The summed E-state index contributed by atoms with van der Waals surface area (Å²) in [7, 11) is 0. The van der Waals surface area contributed by atoms with Gasteiger partial charge in [0.15, 0.2) is 0 Å². The van der Waals surface area contributed by atoms with Crippen LogP contribution in [-0.2, 0) is 0 Å². The summed E-state index contributed by atoms with van der Waals surface area (Å²) in [6.07, 6.45) is 32.0. The second-order valence-corrected chi connectivity index (χ2v) is 15.8. The molecule has 2 nitrogen and oxygen atoms in total. The Hall–Kier alpha value is -3.00. The van der Waals surface area contributed by atoms with Gasteiger partial charge in [-0.15, -0.1) is 0 Å². The van der Waals surface area contributed by atoms with E-state index in [2.05, 4.69) is 115 Å². The molecule has 2 aromatic rings. The fourth-order valence-corrected chi connectivity index (χ4v) is 11.0. The zero-order valence-electron chi connectivity index (χ0n) is 28.4. The van der Waals surface area contributed by atoms with Crippen molar-refractivity contribution in [2.24, 2.45) is 29.6 Å². The van der Waals surface area contributed by atoms with Crippen LogP contribution in [-0.4, -0.2) is 18.1 Å². The van der Waals surface area contributed by atoms with E-state index < -0.39 is 0 Å². The number of hydrogen-bond donors (Lipinski definition) is 0. The van der Waals surface area contributed by atoms with Gasteiger partial charge in [0.05, 0.1) is 6.04 Å². The predicted octanol–water partition coefficient (Wildman–Crippen LogP) is 11.4. The van der Waals surface area contributed by atoms with Crippen molar-refractivity contribution in [3.8, 4) is 0 Å². The van der Waals surface area contributed by atoms with E-state index in [4.69, 9.17) is 0 Å². The first kappa shape index (κ1) is 30.3. The molecule has 0 radical (unpaired) electrons. The number of nitrogens with zero attached hydrogens (tertiary/aromatic N) is 2. The standard InChI is InChI=1S/C44H56N2/c1-31-12-6-7-15-39(31)33-20-24-36(25-21-33)45(35-13-4-3-5-14-35)38-28-29-40(32(2)30-38)34-22-26-37(27-23-34)46-43-18-10-8-16-41(43)42-17-9-11-19-44(42)46/h3-7,10,13-15,18,22-23,26-27,30-33,36,40-44H,8-9,11-12,16-17,19-21,24-25,28-29H2,1-2H3. The second-order valence-electron chi connectivity index (χ2n) is 15.8. The van der Waals surface area contributed by atoms with E-state index >= 15 is 0 Å². The summed E-state index contributed by atoms with van der Waals surface area (Å²) in [5.74, 6) is 4.39. The molecule has 0 amide bonds. The van der Waals surface area contributed by atoms with Crippen molar-refractivity contribution in [2.75, 3.05) is 9.80 Å². The maximum atomic E-state index is 2.85. The third kappa shape index (κ3) is 5.73. The molecule has 0 spiro atoms. The SMILES string of the molecule is CC1CC=CC=C1C1CCC(N(C2=CC(C)C(c3ccc(N4C5C=CCCC5C5CCCCC54)cc3)CC2)c2ccccc2)CC1. The lowest BCUT2D eigenvalue weighted by Crippen LogP contribution is -2.39. The molecule has 0 aromatic heterocycles. The maximum Gasteiger partial charge on any atom is 0.0508 e. The molecule has 7 unspecified atom stereocenters. The quantitative estimate of drug-likeness (QED) is 0.299. The minimum atomic E-state index is 0.539. The molecule has 8 rings (SSSR count). The third-order valence-corrected chi connectivity index (χ3v) is 13.2. The fraction of sp³-hybridized carbons (Fsp3) is 0.545. The lowest BCUT2D eigenvalue weighted by atomic mass is 9.74. The average molecular weight is 613 g/mol. The molecule has 2 heteroatoms. The topological polar surface area (TPSA) is 6.48 Å². The van der Waals surface area contributed by atoms with Crippen LogP contribution in [0, 0.1) is 29.6 Å². The van der Waals surface area contributed by atoms with Crippen LogP contribution in [0.2, 0.25) is 0 Å². The summed E-state index contributed by atoms with van der Waals surface area (Å²) in [6, 6.07) is 23.3. The highest BCUT2D eigenvalue weighted by Crippen LogP contribution is 2.50. The smallest absolute Gasteiger partial charge is 0.0508 e. The van der Waals surface area contributed by atoms with Crippen molar-refractivity contribution in [1.29, 1.82) is 0 Å². The van der Waals surface area contributed by atoms with E-state index in [9.17, 15) is 0 Å². The number of anilines is 2. The summed E-state index contributed by atoms with van der Waals surface area (Å²) in [4.78, 5) is 5.62. The van der Waals surface area contributed by atoms with Gasteiger partial charge in [-0.3, -0.25) is 0 Å². The molecular weight excluding hydrogens is 556 g/mol. The Bertz CT molecular complexity index is 1450. The van der Waals surface area contributed by atoms with Crippen LogP contribution in [0.4, 0.5) is 11.4 Å². The fourth-order valence-electron chi connectivity index (χ4n) is 11.0. The molecule has 0 bridgehead atoms. The van der Waals surface area contributed by atoms with Gasteiger partial charge in [0.25, 0.3) is 0 Å². The van der Waals surface area contributed by atoms with Gasteiger partial charge in [0.2, 0.25) is 0 Å². The molecular formula is C44H56N2. The summed E-state index contributed by atoms with van der Waals surface area (Å²) in [5.41, 5.74) is 7.68. The Kier molecular flexibility index (Phi) is 8.74. The molecule has 0 N–H and O–H groups in total. The monoisotopic (exact) mass is 612 g/mol. The number of para-hydroxylation sites is 1. The molecule has 1 saturated heterocycles. The molecule has 2 aromatic carbocycles. The van der Waals surface area contributed by atoms with E-state index in [1.807, 2.05) is 0 Å². The molecule has 5 aliphatic carbocycles. The number of rotatable bonds is 6. The minimum absolute atomic E-state index is 0.539. The molecule has 7 atom stereocenters. The molecule has 242 valence electrons. The average Bonchev–Trinajstić information content (AvgIpc) is 3.44. The highest BCUT2D eigenvalue weighted by Gasteiger charge is 2.48. The maximum absolute atomic E-state index is 2.85. The zero-order chi connectivity index (χ0) is 31.0. The van der Waals surface area contributed by atoms with Crippen molar-refractivity contribution in [1.82, 2.24) is 0 Å². The molecule has 46 heavy (non-hydrogen) atoms. The Balaban J connectivity index is 0.991. The Morgan fingerprint density at radius 3 is 2.35 bits per heavy atom. The number of hydrogen-bond acceptors (Lipinski definition) is 2. The van der Waals surface area contributed by atoms with Gasteiger partial charge in [0.1, 0.15) is 0 Å². The third-order valence-electron chi connectivity index (χ3n) is 13.2. The largest absolute Gasteiger partial charge is 0.362 e. The normalized spacial score (nSPS) is 35.6. The van der Waals surface area contributed by atoms with Gasteiger partial charge in [-0.2, -0.15) is 0 Å². The van der Waals surface area contributed by atoms with Crippen LogP contribution in [0.5, 0.6) is 0 Å². The first-order chi connectivity index (χ1) is 22.7. The summed E-state index contributed by atoms with van der Waals surface area (Å²) in [5, 5.41) is 0. The lowest BCUT2D eigenvalue weighted by Gasteiger charge is -2.43. The van der Waals surface area contributed by atoms with Crippen LogP contribution >= 0.6 is 0 Å². The highest BCUT2D eigenvalue weighted by molar-refractivity contribution is 5.56. The van der Waals surface area contributed by atoms with Crippen LogP contribution in [0.25, 0.3) is 0 Å². The van der Waals surface area contributed by atoms with Gasteiger partial charge >= 0.3 is 0 Å². The lowest BCUT2D eigenvalue weighted by molar-refractivity contribution is 0.262. The predicted molar refractivity (Wildman–Crippen MR) is 195 cm³/mol. The minimum Gasteiger partial charge on any atom is -0.362 e.